The van der Waals surface area contributed by atoms with Crippen LogP contribution in [0.4, 0.5) is 4.39 Å². The second kappa shape index (κ2) is 6.64. The van der Waals surface area contributed by atoms with Crippen LogP contribution in [0.3, 0.4) is 0 Å². The normalized spacial score (nSPS) is 10.9. The first-order chi connectivity index (χ1) is 11.0. The molecule has 3 rings (SSSR count). The molecule has 0 aliphatic rings. The van der Waals surface area contributed by atoms with Crippen molar-refractivity contribution in [2.75, 3.05) is 19.8 Å². The summed E-state index contributed by atoms with van der Waals surface area (Å²) < 4.78 is 14.0. The molecule has 0 aliphatic carbocycles. The Hall–Kier alpha value is -1.99. The molecule has 0 unspecified atom stereocenters. The number of thioether (sulfide) groups is 1. The first-order valence-corrected chi connectivity index (χ1v) is 8.68. The fourth-order valence-electron chi connectivity index (χ4n) is 1.95. The fourth-order valence-corrected chi connectivity index (χ4v) is 4.13. The lowest BCUT2D eigenvalue weighted by atomic mass is 10.2. The number of halogens is 1. The molecule has 1 aromatic carbocycles. The maximum Gasteiger partial charge on any atom is 0.232 e. The number of carbonyl (C=O) groups is 1. The molecule has 2 heterocycles. The molecule has 0 atom stereocenters. The lowest BCUT2D eigenvalue weighted by Crippen LogP contribution is -2.23. The van der Waals surface area contributed by atoms with Gasteiger partial charge in [-0.05, 0) is 23.8 Å². The van der Waals surface area contributed by atoms with Gasteiger partial charge < -0.3 is 4.90 Å². The van der Waals surface area contributed by atoms with E-state index in [1.54, 1.807) is 42.5 Å². The van der Waals surface area contributed by atoms with E-state index in [2.05, 4.69) is 9.97 Å². The van der Waals surface area contributed by atoms with Crippen LogP contribution in [0, 0.1) is 5.82 Å². The molecule has 1 amide bonds. The summed E-state index contributed by atoms with van der Waals surface area (Å²) in [5.41, 5.74) is 1.78. The average molecular weight is 347 g/mol. The van der Waals surface area contributed by atoms with E-state index in [-0.39, 0.29) is 11.7 Å². The van der Waals surface area contributed by atoms with Crippen molar-refractivity contribution in [3.8, 4) is 10.4 Å². The highest BCUT2D eigenvalue weighted by atomic mass is 32.2. The number of nitrogens with zero attached hydrogens (tertiary/aromatic N) is 3. The van der Waals surface area contributed by atoms with Gasteiger partial charge in [0.25, 0.3) is 0 Å². The van der Waals surface area contributed by atoms with Gasteiger partial charge in [-0.15, -0.1) is 11.3 Å². The number of rotatable bonds is 4. The summed E-state index contributed by atoms with van der Waals surface area (Å²) in [5, 5.41) is 0.795. The molecule has 7 heteroatoms. The maximum atomic E-state index is 13.1. The quantitative estimate of drug-likeness (QED) is 0.533. The molecule has 0 N–H and O–H groups in total. The standard InChI is InChI=1S/C16H14FN3OS2/c1-20(2)14(21)8-22-16-15-12(18-9-19-16)7-13(23-15)10-3-5-11(17)6-4-10/h3-7,9H,8H2,1-2H3. The minimum Gasteiger partial charge on any atom is -0.348 e. The van der Waals surface area contributed by atoms with E-state index in [1.165, 1.54) is 30.2 Å². The number of thiophene rings is 1. The van der Waals surface area contributed by atoms with Crippen molar-refractivity contribution >= 4 is 39.2 Å². The van der Waals surface area contributed by atoms with Crippen LogP contribution in [-0.2, 0) is 4.79 Å². The summed E-state index contributed by atoms with van der Waals surface area (Å²) in [7, 11) is 3.46. The molecule has 118 valence electrons. The minimum absolute atomic E-state index is 0.0390. The molecule has 0 fully saturated rings. The molecule has 2 aromatic heterocycles. The van der Waals surface area contributed by atoms with Crippen molar-refractivity contribution in [2.24, 2.45) is 0 Å². The second-order valence-electron chi connectivity index (χ2n) is 5.09. The highest BCUT2D eigenvalue weighted by molar-refractivity contribution is 8.00. The van der Waals surface area contributed by atoms with Gasteiger partial charge in [0.15, 0.2) is 0 Å². The summed E-state index contributed by atoms with van der Waals surface area (Å²) in [4.78, 5) is 22.9. The van der Waals surface area contributed by atoms with E-state index in [9.17, 15) is 9.18 Å². The van der Waals surface area contributed by atoms with Crippen molar-refractivity contribution < 1.29 is 9.18 Å². The maximum absolute atomic E-state index is 13.1. The number of carbonyl (C=O) groups excluding carboxylic acids is 1. The Morgan fingerprint density at radius 1 is 1.26 bits per heavy atom. The van der Waals surface area contributed by atoms with Gasteiger partial charge in [-0.3, -0.25) is 4.79 Å². The van der Waals surface area contributed by atoms with Crippen LogP contribution in [0.1, 0.15) is 0 Å². The number of amides is 1. The van der Waals surface area contributed by atoms with Gasteiger partial charge in [-0.2, -0.15) is 0 Å². The van der Waals surface area contributed by atoms with Crippen molar-refractivity contribution in [3.05, 3.63) is 42.5 Å². The molecule has 4 nitrogen and oxygen atoms in total. The van der Waals surface area contributed by atoms with Crippen LogP contribution in [0.5, 0.6) is 0 Å². The predicted octanol–water partition coefficient (Wildman–Crippen LogP) is 3.68. The Morgan fingerprint density at radius 3 is 2.70 bits per heavy atom. The van der Waals surface area contributed by atoms with Crippen LogP contribution < -0.4 is 0 Å². The Balaban J connectivity index is 1.92. The molecule has 23 heavy (non-hydrogen) atoms. The Morgan fingerprint density at radius 2 is 2.00 bits per heavy atom. The van der Waals surface area contributed by atoms with Gasteiger partial charge in [-0.25, -0.2) is 14.4 Å². The summed E-state index contributed by atoms with van der Waals surface area (Å²) >= 11 is 2.96. The molecule has 0 radical (unpaired) electrons. The third kappa shape index (κ3) is 3.51. The van der Waals surface area contributed by atoms with E-state index in [4.69, 9.17) is 0 Å². The highest BCUT2D eigenvalue weighted by Crippen LogP contribution is 2.36. The zero-order valence-electron chi connectivity index (χ0n) is 12.6. The van der Waals surface area contributed by atoms with Crippen molar-refractivity contribution in [2.45, 2.75) is 5.03 Å². The number of hydrogen-bond donors (Lipinski definition) is 0. The Kier molecular flexibility index (Phi) is 4.58. The molecule has 0 saturated carbocycles. The van der Waals surface area contributed by atoms with E-state index in [0.717, 1.165) is 25.7 Å². The highest BCUT2D eigenvalue weighted by Gasteiger charge is 2.13. The van der Waals surface area contributed by atoms with Gasteiger partial charge >= 0.3 is 0 Å². The SMILES string of the molecule is CN(C)C(=O)CSc1ncnc2cc(-c3ccc(F)cc3)sc12. The molecule has 0 saturated heterocycles. The fraction of sp³-hybridized carbons (Fsp3) is 0.188. The van der Waals surface area contributed by atoms with Crippen molar-refractivity contribution in [3.63, 3.8) is 0 Å². The molecular formula is C16H14FN3OS2. The monoisotopic (exact) mass is 347 g/mol. The van der Waals surface area contributed by atoms with Gasteiger partial charge in [0, 0.05) is 19.0 Å². The Labute approximate surface area is 141 Å². The topological polar surface area (TPSA) is 46.1 Å². The lowest BCUT2D eigenvalue weighted by molar-refractivity contribution is -0.125. The number of fused-ring (bicyclic) bond motifs is 1. The summed E-state index contributed by atoms with van der Waals surface area (Å²) in [6.07, 6.45) is 1.51. The molecule has 0 spiro atoms. The van der Waals surface area contributed by atoms with Gasteiger partial charge in [0.05, 0.1) is 16.0 Å². The van der Waals surface area contributed by atoms with Crippen LogP contribution in [0.15, 0.2) is 41.7 Å². The van der Waals surface area contributed by atoms with Crippen LogP contribution in [0.25, 0.3) is 20.7 Å². The first-order valence-electron chi connectivity index (χ1n) is 6.88. The number of hydrogen-bond acceptors (Lipinski definition) is 5. The number of aromatic nitrogens is 2. The summed E-state index contributed by atoms with van der Waals surface area (Å²) in [5.74, 6) is 0.119. The molecule has 0 aliphatic heterocycles. The van der Waals surface area contributed by atoms with Crippen LogP contribution in [0.2, 0.25) is 0 Å². The lowest BCUT2D eigenvalue weighted by Gasteiger charge is -2.09. The van der Waals surface area contributed by atoms with Crippen molar-refractivity contribution in [1.82, 2.24) is 14.9 Å². The third-order valence-electron chi connectivity index (χ3n) is 3.24. The largest absolute Gasteiger partial charge is 0.348 e. The Bertz CT molecular complexity index is 846. The second-order valence-corrected chi connectivity index (χ2v) is 7.10. The van der Waals surface area contributed by atoms with Gasteiger partial charge in [0.2, 0.25) is 5.91 Å². The predicted molar refractivity (Wildman–Crippen MR) is 92.2 cm³/mol. The van der Waals surface area contributed by atoms with Crippen LogP contribution in [-0.4, -0.2) is 40.6 Å². The number of benzene rings is 1. The zero-order valence-corrected chi connectivity index (χ0v) is 14.2. The van der Waals surface area contributed by atoms with E-state index >= 15 is 0 Å². The third-order valence-corrected chi connectivity index (χ3v) is 5.52. The first kappa shape index (κ1) is 15.9. The van der Waals surface area contributed by atoms with Gasteiger partial charge in [-0.1, -0.05) is 23.9 Å². The van der Waals surface area contributed by atoms with Crippen LogP contribution >= 0.6 is 23.1 Å². The average Bonchev–Trinajstić information content (AvgIpc) is 2.97. The van der Waals surface area contributed by atoms with E-state index in [1.807, 2.05) is 6.07 Å². The molecular weight excluding hydrogens is 333 g/mol. The van der Waals surface area contributed by atoms with Gasteiger partial charge in [0.1, 0.15) is 17.2 Å². The van der Waals surface area contributed by atoms with E-state index < -0.39 is 0 Å². The smallest absolute Gasteiger partial charge is 0.232 e. The molecule has 3 aromatic rings. The van der Waals surface area contributed by atoms with E-state index in [0.29, 0.717) is 5.75 Å². The van der Waals surface area contributed by atoms with Crippen molar-refractivity contribution in [1.29, 1.82) is 0 Å². The minimum atomic E-state index is -0.256. The molecule has 0 bridgehead atoms. The summed E-state index contributed by atoms with van der Waals surface area (Å²) in [6, 6.07) is 8.34. The summed E-state index contributed by atoms with van der Waals surface area (Å²) in [6.45, 7) is 0. The zero-order chi connectivity index (χ0) is 16.4.